The Kier molecular flexibility index (Phi) is 3.57. The van der Waals surface area contributed by atoms with Crippen LogP contribution in [0.25, 0.3) is 0 Å². The molecular weight excluding hydrogens is 297 g/mol. The van der Waals surface area contributed by atoms with Gasteiger partial charge in [-0.1, -0.05) is 23.2 Å². The Morgan fingerprint density at radius 2 is 2.00 bits per heavy atom. The molecule has 20 heavy (non-hydrogen) atoms. The third-order valence-corrected chi connectivity index (χ3v) is 5.22. The van der Waals surface area contributed by atoms with Crippen molar-refractivity contribution in [3.8, 4) is 0 Å². The highest BCUT2D eigenvalue weighted by molar-refractivity contribution is 6.35. The van der Waals surface area contributed by atoms with Crippen LogP contribution in [0.4, 0.5) is 0 Å². The SMILES string of the molecule is CN1C2CCC1(C(=O)c1cc(Cl)cc(Cl)c1)CC(O)C2. The van der Waals surface area contributed by atoms with Gasteiger partial charge in [0.15, 0.2) is 5.78 Å². The first-order valence-electron chi connectivity index (χ1n) is 6.84. The lowest BCUT2D eigenvalue weighted by molar-refractivity contribution is 0.00274. The van der Waals surface area contributed by atoms with E-state index in [2.05, 4.69) is 4.90 Å². The van der Waals surface area contributed by atoms with Crippen molar-refractivity contribution in [1.29, 1.82) is 0 Å². The van der Waals surface area contributed by atoms with Gasteiger partial charge in [-0.2, -0.15) is 0 Å². The van der Waals surface area contributed by atoms with E-state index < -0.39 is 11.6 Å². The van der Waals surface area contributed by atoms with Crippen LogP contribution in [0.5, 0.6) is 0 Å². The normalized spacial score (nSPS) is 33.4. The van der Waals surface area contributed by atoms with Gasteiger partial charge in [0.05, 0.1) is 11.6 Å². The highest BCUT2D eigenvalue weighted by atomic mass is 35.5. The molecule has 2 bridgehead atoms. The Labute approximate surface area is 128 Å². The number of aliphatic hydroxyl groups is 1. The Bertz CT molecular complexity index is 543. The van der Waals surface area contributed by atoms with Gasteiger partial charge in [0.2, 0.25) is 0 Å². The smallest absolute Gasteiger partial charge is 0.183 e. The number of Topliss-reactive ketones (excluding diaryl/α,β-unsaturated/α-hetero) is 1. The van der Waals surface area contributed by atoms with Crippen molar-refractivity contribution in [3.63, 3.8) is 0 Å². The molecule has 2 heterocycles. The van der Waals surface area contributed by atoms with Crippen LogP contribution < -0.4 is 0 Å². The number of rotatable bonds is 2. The molecule has 0 amide bonds. The van der Waals surface area contributed by atoms with E-state index >= 15 is 0 Å². The summed E-state index contributed by atoms with van der Waals surface area (Å²) in [4.78, 5) is 15.1. The molecule has 0 radical (unpaired) electrons. The van der Waals surface area contributed by atoms with Crippen molar-refractivity contribution in [3.05, 3.63) is 33.8 Å². The van der Waals surface area contributed by atoms with Gasteiger partial charge in [0.25, 0.3) is 0 Å². The molecule has 0 spiro atoms. The summed E-state index contributed by atoms with van der Waals surface area (Å²) in [7, 11) is 1.98. The fourth-order valence-corrected chi connectivity index (χ4v) is 4.28. The van der Waals surface area contributed by atoms with Gasteiger partial charge in [-0.25, -0.2) is 0 Å². The molecule has 1 aromatic carbocycles. The molecule has 3 rings (SSSR count). The standard InChI is InChI=1S/C15H17Cl2NO2/c1-18-12-2-3-15(18,8-13(19)7-12)14(20)9-4-10(16)6-11(17)5-9/h4-6,12-13,19H,2-3,7-8H2,1H3. The fourth-order valence-electron chi connectivity index (χ4n) is 3.75. The Hall–Kier alpha value is -0.610. The minimum Gasteiger partial charge on any atom is -0.393 e. The Morgan fingerprint density at radius 3 is 2.65 bits per heavy atom. The lowest BCUT2D eigenvalue weighted by Crippen LogP contribution is -2.56. The zero-order chi connectivity index (χ0) is 14.5. The minimum atomic E-state index is -0.601. The molecule has 1 aromatic rings. The molecule has 0 aliphatic carbocycles. The Morgan fingerprint density at radius 1 is 1.35 bits per heavy atom. The maximum Gasteiger partial charge on any atom is 0.183 e. The van der Waals surface area contributed by atoms with Crippen LogP contribution in [0, 0.1) is 0 Å². The summed E-state index contributed by atoms with van der Waals surface area (Å²) in [5.74, 6) is 0.0191. The summed E-state index contributed by atoms with van der Waals surface area (Å²) in [5.41, 5.74) is -0.0693. The third kappa shape index (κ3) is 2.17. The number of halogens is 2. The van der Waals surface area contributed by atoms with Crippen LogP contribution in [0.2, 0.25) is 10.0 Å². The summed E-state index contributed by atoms with van der Waals surface area (Å²) in [6.45, 7) is 0. The average Bonchev–Trinajstić information content (AvgIpc) is 2.58. The van der Waals surface area contributed by atoms with Crippen LogP contribution >= 0.6 is 23.2 Å². The summed E-state index contributed by atoms with van der Waals surface area (Å²) < 4.78 is 0. The van der Waals surface area contributed by atoms with Crippen LogP contribution in [0.3, 0.4) is 0 Å². The van der Waals surface area contributed by atoms with Crippen molar-refractivity contribution < 1.29 is 9.90 Å². The van der Waals surface area contributed by atoms with Gasteiger partial charge in [0, 0.05) is 21.7 Å². The molecule has 2 aliphatic heterocycles. The molecular formula is C15H17Cl2NO2. The molecule has 0 saturated carbocycles. The third-order valence-electron chi connectivity index (χ3n) is 4.78. The van der Waals surface area contributed by atoms with Crippen LogP contribution in [-0.2, 0) is 0 Å². The van der Waals surface area contributed by atoms with Crippen molar-refractivity contribution >= 4 is 29.0 Å². The van der Waals surface area contributed by atoms with Crippen molar-refractivity contribution in [2.75, 3.05) is 7.05 Å². The van der Waals surface area contributed by atoms with E-state index in [-0.39, 0.29) is 11.8 Å². The van der Waals surface area contributed by atoms with E-state index in [9.17, 15) is 9.90 Å². The predicted octanol–water partition coefficient (Wildman–Crippen LogP) is 3.16. The van der Waals surface area contributed by atoms with E-state index in [4.69, 9.17) is 23.2 Å². The molecule has 2 fully saturated rings. The van der Waals surface area contributed by atoms with Crippen LogP contribution in [-0.4, -0.2) is 40.5 Å². The number of aliphatic hydroxyl groups excluding tert-OH is 1. The number of hydrogen-bond donors (Lipinski definition) is 1. The number of ketones is 1. The second-order valence-electron chi connectivity index (χ2n) is 5.92. The lowest BCUT2D eigenvalue weighted by atomic mass is 9.80. The highest BCUT2D eigenvalue weighted by Crippen LogP contribution is 2.45. The van der Waals surface area contributed by atoms with Crippen LogP contribution in [0.15, 0.2) is 18.2 Å². The second kappa shape index (κ2) is 4.99. The highest BCUT2D eigenvalue weighted by Gasteiger charge is 2.54. The number of piperidine rings is 1. The second-order valence-corrected chi connectivity index (χ2v) is 6.79. The molecule has 2 aliphatic rings. The van der Waals surface area contributed by atoms with Gasteiger partial charge in [0.1, 0.15) is 0 Å². The Balaban J connectivity index is 2.00. The van der Waals surface area contributed by atoms with E-state index in [1.54, 1.807) is 18.2 Å². The first-order chi connectivity index (χ1) is 9.42. The van der Waals surface area contributed by atoms with E-state index in [0.717, 1.165) is 19.3 Å². The summed E-state index contributed by atoms with van der Waals surface area (Å²) in [6, 6.07) is 5.23. The lowest BCUT2D eigenvalue weighted by Gasteiger charge is -2.43. The van der Waals surface area contributed by atoms with Crippen LogP contribution in [0.1, 0.15) is 36.0 Å². The van der Waals surface area contributed by atoms with Gasteiger partial charge in [-0.05, 0) is 50.9 Å². The number of carbonyl (C=O) groups is 1. The molecule has 108 valence electrons. The quantitative estimate of drug-likeness (QED) is 0.853. The van der Waals surface area contributed by atoms with Crippen molar-refractivity contribution in [2.24, 2.45) is 0 Å². The maximum atomic E-state index is 13.0. The molecule has 3 nitrogen and oxygen atoms in total. The zero-order valence-corrected chi connectivity index (χ0v) is 12.8. The number of benzene rings is 1. The van der Waals surface area contributed by atoms with Gasteiger partial charge in [-0.3, -0.25) is 9.69 Å². The summed E-state index contributed by atoms with van der Waals surface area (Å²) in [6.07, 6.45) is 2.57. The molecule has 1 N–H and O–H groups in total. The molecule has 3 unspecified atom stereocenters. The number of hydrogen-bond acceptors (Lipinski definition) is 3. The van der Waals surface area contributed by atoms with E-state index in [0.29, 0.717) is 22.0 Å². The monoisotopic (exact) mass is 313 g/mol. The number of fused-ring (bicyclic) bond motifs is 2. The number of carbonyl (C=O) groups excluding carboxylic acids is 1. The van der Waals surface area contributed by atoms with Gasteiger partial charge < -0.3 is 5.11 Å². The number of nitrogens with zero attached hydrogens (tertiary/aromatic N) is 1. The maximum absolute atomic E-state index is 13.0. The van der Waals surface area contributed by atoms with Crippen molar-refractivity contribution in [1.82, 2.24) is 4.90 Å². The average molecular weight is 314 g/mol. The molecule has 2 saturated heterocycles. The molecule has 5 heteroatoms. The van der Waals surface area contributed by atoms with Crippen molar-refractivity contribution in [2.45, 2.75) is 43.4 Å². The van der Waals surface area contributed by atoms with E-state index in [1.165, 1.54) is 0 Å². The molecule has 0 aromatic heterocycles. The first kappa shape index (κ1) is 14.3. The van der Waals surface area contributed by atoms with Gasteiger partial charge >= 0.3 is 0 Å². The topological polar surface area (TPSA) is 40.5 Å². The zero-order valence-electron chi connectivity index (χ0n) is 11.3. The molecule has 3 atom stereocenters. The van der Waals surface area contributed by atoms with Gasteiger partial charge in [-0.15, -0.1) is 0 Å². The number of likely N-dealkylation sites (N-methyl/N-ethyl adjacent to an activating group) is 1. The fraction of sp³-hybridized carbons (Fsp3) is 0.533. The summed E-state index contributed by atoms with van der Waals surface area (Å²) >= 11 is 12.0. The predicted molar refractivity (Wildman–Crippen MR) is 79.5 cm³/mol. The first-order valence-corrected chi connectivity index (χ1v) is 7.60. The minimum absolute atomic E-state index is 0.0191. The largest absolute Gasteiger partial charge is 0.393 e. The van der Waals surface area contributed by atoms with E-state index in [1.807, 2.05) is 7.05 Å². The summed E-state index contributed by atoms with van der Waals surface area (Å²) in [5, 5.41) is 11.0.